The van der Waals surface area contributed by atoms with Crippen molar-refractivity contribution in [3.63, 3.8) is 0 Å². The highest BCUT2D eigenvalue weighted by Crippen LogP contribution is 2.23. The van der Waals surface area contributed by atoms with Crippen LogP contribution in [-0.4, -0.2) is 44.7 Å². The summed E-state index contributed by atoms with van der Waals surface area (Å²) in [5, 5.41) is 0. The maximum atomic E-state index is 12.8. The van der Waals surface area contributed by atoms with Crippen molar-refractivity contribution in [2.75, 3.05) is 31.1 Å². The van der Waals surface area contributed by atoms with Crippen LogP contribution in [0.25, 0.3) is 0 Å². The van der Waals surface area contributed by atoms with Crippen molar-refractivity contribution in [2.45, 2.75) is 18.7 Å². The van der Waals surface area contributed by atoms with Crippen LogP contribution in [0.5, 0.6) is 0 Å². The highest BCUT2D eigenvalue weighted by Gasteiger charge is 2.29. The number of benzene rings is 2. The molecule has 0 atom stereocenters. The van der Waals surface area contributed by atoms with Gasteiger partial charge in [0.25, 0.3) is 0 Å². The number of aryl methyl sites for hydroxylation is 1. The molecule has 2 aromatic rings. The molecule has 0 radical (unpaired) electrons. The van der Waals surface area contributed by atoms with Gasteiger partial charge in [-0.3, -0.25) is 4.79 Å². The molecule has 2 aromatic carbocycles. The van der Waals surface area contributed by atoms with Gasteiger partial charge in [0.2, 0.25) is 10.0 Å². The van der Waals surface area contributed by atoms with E-state index in [-0.39, 0.29) is 5.78 Å². The second kappa shape index (κ2) is 6.98. The Balaban J connectivity index is 1.71. The molecule has 3 rings (SSSR count). The molecular formula is C19H22N2O3S. The second-order valence-corrected chi connectivity index (χ2v) is 8.17. The zero-order valence-corrected chi connectivity index (χ0v) is 15.3. The lowest BCUT2D eigenvalue weighted by Crippen LogP contribution is -2.48. The first-order valence-corrected chi connectivity index (χ1v) is 9.75. The monoisotopic (exact) mass is 358 g/mol. The molecule has 0 N–H and O–H groups in total. The number of ketones is 1. The van der Waals surface area contributed by atoms with Gasteiger partial charge in [-0.2, -0.15) is 4.31 Å². The van der Waals surface area contributed by atoms with Crippen molar-refractivity contribution < 1.29 is 13.2 Å². The van der Waals surface area contributed by atoms with Crippen molar-refractivity contribution in [1.82, 2.24) is 4.31 Å². The molecule has 0 spiro atoms. The molecule has 132 valence electrons. The average molecular weight is 358 g/mol. The molecule has 0 aromatic heterocycles. The normalized spacial score (nSPS) is 16.0. The highest BCUT2D eigenvalue weighted by molar-refractivity contribution is 7.89. The number of piperazine rings is 1. The number of hydrogen-bond donors (Lipinski definition) is 0. The van der Waals surface area contributed by atoms with Gasteiger partial charge >= 0.3 is 0 Å². The predicted octanol–water partition coefficient (Wildman–Crippen LogP) is 2.71. The van der Waals surface area contributed by atoms with E-state index in [4.69, 9.17) is 0 Å². The van der Waals surface area contributed by atoms with Crippen LogP contribution >= 0.6 is 0 Å². The Hall–Kier alpha value is -2.18. The van der Waals surface area contributed by atoms with E-state index >= 15 is 0 Å². The zero-order chi connectivity index (χ0) is 18.0. The number of carbonyl (C=O) groups is 1. The van der Waals surface area contributed by atoms with E-state index in [1.807, 2.05) is 43.3 Å². The minimum Gasteiger partial charge on any atom is -0.369 e. The van der Waals surface area contributed by atoms with E-state index in [0.29, 0.717) is 36.6 Å². The maximum absolute atomic E-state index is 12.8. The lowest BCUT2D eigenvalue weighted by Gasteiger charge is -2.35. The van der Waals surface area contributed by atoms with Crippen molar-refractivity contribution in [3.05, 3.63) is 59.7 Å². The number of hydrogen-bond acceptors (Lipinski definition) is 4. The fraction of sp³-hybridized carbons (Fsp3) is 0.316. The highest BCUT2D eigenvalue weighted by atomic mass is 32.2. The Kier molecular flexibility index (Phi) is 4.92. The van der Waals surface area contributed by atoms with E-state index in [1.165, 1.54) is 0 Å². The van der Waals surface area contributed by atoms with Crippen molar-refractivity contribution in [3.8, 4) is 0 Å². The van der Waals surface area contributed by atoms with Gasteiger partial charge in [0.15, 0.2) is 5.78 Å². The van der Waals surface area contributed by atoms with Crippen LogP contribution in [0.4, 0.5) is 5.69 Å². The van der Waals surface area contributed by atoms with Crippen LogP contribution < -0.4 is 4.90 Å². The third-order valence-electron chi connectivity index (χ3n) is 4.59. The summed E-state index contributed by atoms with van der Waals surface area (Å²) < 4.78 is 27.2. The number of carbonyl (C=O) groups excluding carboxylic acids is 1. The SMILES string of the molecule is CC(=O)c1ccc(N2CCN(S(=O)(=O)c3ccccc3C)CC2)cc1. The summed E-state index contributed by atoms with van der Waals surface area (Å²) in [4.78, 5) is 13.9. The maximum Gasteiger partial charge on any atom is 0.243 e. The molecule has 5 nitrogen and oxygen atoms in total. The topological polar surface area (TPSA) is 57.7 Å². The first-order valence-electron chi connectivity index (χ1n) is 8.31. The summed E-state index contributed by atoms with van der Waals surface area (Å²) in [6.07, 6.45) is 0. The van der Waals surface area contributed by atoms with Gasteiger partial charge in [0, 0.05) is 37.4 Å². The Morgan fingerprint density at radius 1 is 0.920 bits per heavy atom. The Bertz CT molecular complexity index is 868. The molecule has 1 saturated heterocycles. The van der Waals surface area contributed by atoms with Crippen molar-refractivity contribution in [1.29, 1.82) is 0 Å². The van der Waals surface area contributed by atoms with Crippen molar-refractivity contribution in [2.24, 2.45) is 0 Å². The molecule has 1 heterocycles. The summed E-state index contributed by atoms with van der Waals surface area (Å²) >= 11 is 0. The third kappa shape index (κ3) is 3.60. The molecule has 25 heavy (non-hydrogen) atoms. The van der Waals surface area contributed by atoms with Gasteiger partial charge < -0.3 is 4.90 Å². The van der Waals surface area contributed by atoms with Gasteiger partial charge in [0.1, 0.15) is 0 Å². The van der Waals surface area contributed by atoms with Gasteiger partial charge in [-0.15, -0.1) is 0 Å². The van der Waals surface area contributed by atoms with E-state index in [9.17, 15) is 13.2 Å². The second-order valence-electron chi connectivity index (χ2n) is 6.26. The smallest absolute Gasteiger partial charge is 0.243 e. The summed E-state index contributed by atoms with van der Waals surface area (Å²) in [5.41, 5.74) is 2.47. The van der Waals surface area contributed by atoms with Gasteiger partial charge in [-0.05, 0) is 49.7 Å². The summed E-state index contributed by atoms with van der Waals surface area (Å²) in [6.45, 7) is 5.52. The molecule has 0 unspecified atom stereocenters. The molecule has 0 bridgehead atoms. The number of anilines is 1. The summed E-state index contributed by atoms with van der Waals surface area (Å²) in [5.74, 6) is 0.0423. The van der Waals surface area contributed by atoms with Crippen molar-refractivity contribution >= 4 is 21.5 Å². The molecule has 1 aliphatic heterocycles. The molecule has 0 amide bonds. The van der Waals surface area contributed by atoms with Crippen LogP contribution in [0.15, 0.2) is 53.4 Å². The number of nitrogens with zero attached hydrogens (tertiary/aromatic N) is 2. The summed E-state index contributed by atoms with van der Waals surface area (Å²) in [7, 11) is -3.45. The zero-order valence-electron chi connectivity index (χ0n) is 14.5. The minimum atomic E-state index is -3.45. The van der Waals surface area contributed by atoms with E-state index < -0.39 is 10.0 Å². The molecule has 0 saturated carbocycles. The van der Waals surface area contributed by atoms with Gasteiger partial charge in [-0.1, -0.05) is 18.2 Å². The Labute approximate surface area is 148 Å². The minimum absolute atomic E-state index is 0.0423. The van der Waals surface area contributed by atoms with E-state index in [1.54, 1.807) is 23.4 Å². The lowest BCUT2D eigenvalue weighted by molar-refractivity contribution is 0.101. The first-order chi connectivity index (χ1) is 11.9. The Morgan fingerprint density at radius 2 is 1.52 bits per heavy atom. The van der Waals surface area contributed by atoms with Crippen LogP contribution in [0.1, 0.15) is 22.8 Å². The lowest BCUT2D eigenvalue weighted by atomic mass is 10.1. The number of sulfonamides is 1. The number of Topliss-reactive ketones (excluding diaryl/α,β-unsaturated/α-hetero) is 1. The van der Waals surface area contributed by atoms with Gasteiger partial charge in [0.05, 0.1) is 4.90 Å². The molecule has 6 heteroatoms. The average Bonchev–Trinajstić information content (AvgIpc) is 2.62. The Morgan fingerprint density at radius 3 is 2.08 bits per heavy atom. The fourth-order valence-electron chi connectivity index (χ4n) is 3.08. The van der Waals surface area contributed by atoms with Crippen LogP contribution in [0.2, 0.25) is 0 Å². The van der Waals surface area contributed by atoms with E-state index in [2.05, 4.69) is 4.90 Å². The fourth-order valence-corrected chi connectivity index (χ4v) is 4.73. The molecular weight excluding hydrogens is 336 g/mol. The van der Waals surface area contributed by atoms with Crippen LogP contribution in [-0.2, 0) is 10.0 Å². The summed E-state index contributed by atoms with van der Waals surface area (Å²) in [6, 6.07) is 14.5. The molecule has 1 fully saturated rings. The molecule has 1 aliphatic rings. The van der Waals surface area contributed by atoms with Crippen LogP contribution in [0, 0.1) is 6.92 Å². The first kappa shape index (κ1) is 17.6. The van der Waals surface area contributed by atoms with E-state index in [0.717, 1.165) is 11.3 Å². The van der Waals surface area contributed by atoms with Gasteiger partial charge in [-0.25, -0.2) is 8.42 Å². The molecule has 0 aliphatic carbocycles. The number of rotatable bonds is 4. The predicted molar refractivity (Wildman–Crippen MR) is 98.6 cm³/mol. The third-order valence-corrected chi connectivity index (χ3v) is 6.65. The van der Waals surface area contributed by atoms with Crippen LogP contribution in [0.3, 0.4) is 0 Å². The largest absolute Gasteiger partial charge is 0.369 e. The standard InChI is InChI=1S/C19H22N2O3S/c1-15-5-3-4-6-19(15)25(23,24)21-13-11-20(12-14-21)18-9-7-17(8-10-18)16(2)22/h3-10H,11-14H2,1-2H3. The quantitative estimate of drug-likeness (QED) is 0.789.